The third kappa shape index (κ3) is 7.04. The summed E-state index contributed by atoms with van der Waals surface area (Å²) in [4.78, 5) is 27.9. The van der Waals surface area contributed by atoms with E-state index in [-0.39, 0.29) is 17.3 Å². The highest BCUT2D eigenvalue weighted by atomic mass is 35.5. The van der Waals surface area contributed by atoms with Crippen molar-refractivity contribution >= 4 is 35.4 Å². The van der Waals surface area contributed by atoms with Crippen molar-refractivity contribution in [2.75, 3.05) is 12.4 Å². The van der Waals surface area contributed by atoms with Gasteiger partial charge in [0.1, 0.15) is 5.82 Å². The number of methoxy groups -OCH3 is 1. The summed E-state index contributed by atoms with van der Waals surface area (Å²) < 4.78 is 39.0. The number of esters is 1. The molecule has 1 aromatic carbocycles. The number of aromatic nitrogens is 1. The molecule has 0 aliphatic rings. The van der Waals surface area contributed by atoms with E-state index in [4.69, 9.17) is 21.1 Å². The van der Waals surface area contributed by atoms with Gasteiger partial charge in [-0.15, -0.1) is 0 Å². The number of halogens is 3. The van der Waals surface area contributed by atoms with Crippen molar-refractivity contribution in [3.63, 3.8) is 0 Å². The molecule has 0 saturated heterocycles. The largest absolute Gasteiger partial charge is 0.493 e. The number of hydrogen-bond donors (Lipinski definition) is 1. The molecule has 1 aromatic heterocycles. The number of carbonyl (C=O) groups excluding carboxylic acids is 2. The molecule has 7 nitrogen and oxygen atoms in total. The standard InChI is InChI=1S/C19H17ClF2N2O5/c1-11(18(26)24-16-7-5-13(20)10-23-16)28-17(25)8-4-12-3-6-14(29-19(21)22)15(9-12)27-2/h3-11,19H,1-2H3,(H,23,24,26). The molecule has 0 saturated carbocycles. The van der Waals surface area contributed by atoms with E-state index in [2.05, 4.69) is 15.0 Å². The van der Waals surface area contributed by atoms with Gasteiger partial charge in [0.05, 0.1) is 12.1 Å². The van der Waals surface area contributed by atoms with Gasteiger partial charge < -0.3 is 19.5 Å². The molecule has 1 atom stereocenters. The lowest BCUT2D eigenvalue weighted by Gasteiger charge is -2.12. The molecule has 154 valence electrons. The van der Waals surface area contributed by atoms with E-state index >= 15 is 0 Å². The van der Waals surface area contributed by atoms with Crippen molar-refractivity contribution in [3.8, 4) is 11.5 Å². The number of pyridine rings is 1. The van der Waals surface area contributed by atoms with E-state index in [1.165, 1.54) is 50.6 Å². The first kappa shape index (κ1) is 22.1. The Morgan fingerprint density at radius 1 is 1.21 bits per heavy atom. The van der Waals surface area contributed by atoms with Crippen LogP contribution < -0.4 is 14.8 Å². The summed E-state index contributed by atoms with van der Waals surface area (Å²) in [5, 5.41) is 2.90. The Morgan fingerprint density at radius 2 is 1.97 bits per heavy atom. The van der Waals surface area contributed by atoms with Gasteiger partial charge in [-0.05, 0) is 42.8 Å². The zero-order chi connectivity index (χ0) is 21.4. The topological polar surface area (TPSA) is 86.8 Å². The van der Waals surface area contributed by atoms with Gasteiger partial charge in [0.15, 0.2) is 17.6 Å². The second kappa shape index (κ2) is 10.4. The number of nitrogens with zero attached hydrogens (tertiary/aromatic N) is 1. The molecule has 2 aromatic rings. The highest BCUT2D eigenvalue weighted by Gasteiger charge is 2.17. The zero-order valence-corrected chi connectivity index (χ0v) is 16.2. The van der Waals surface area contributed by atoms with Gasteiger partial charge >= 0.3 is 12.6 Å². The average Bonchev–Trinajstić information content (AvgIpc) is 2.68. The van der Waals surface area contributed by atoms with Crippen LogP contribution >= 0.6 is 11.6 Å². The fourth-order valence-corrected chi connectivity index (χ4v) is 2.20. The molecule has 0 spiro atoms. The summed E-state index contributed by atoms with van der Waals surface area (Å²) >= 11 is 5.71. The summed E-state index contributed by atoms with van der Waals surface area (Å²) in [6, 6.07) is 7.19. The van der Waals surface area contributed by atoms with Gasteiger partial charge in [-0.1, -0.05) is 17.7 Å². The number of amides is 1. The van der Waals surface area contributed by atoms with E-state index in [1.807, 2.05) is 0 Å². The first-order valence-electron chi connectivity index (χ1n) is 8.22. The molecule has 0 bridgehead atoms. The molecule has 0 fully saturated rings. The number of carbonyl (C=O) groups is 2. The monoisotopic (exact) mass is 426 g/mol. The quantitative estimate of drug-likeness (QED) is 0.508. The van der Waals surface area contributed by atoms with E-state index in [1.54, 1.807) is 6.07 Å². The summed E-state index contributed by atoms with van der Waals surface area (Å²) in [5.41, 5.74) is 0.475. The van der Waals surface area contributed by atoms with Crippen LogP contribution in [0.25, 0.3) is 6.08 Å². The highest BCUT2D eigenvalue weighted by molar-refractivity contribution is 6.30. The first-order chi connectivity index (χ1) is 13.8. The second-order valence-corrected chi connectivity index (χ2v) is 5.99. The van der Waals surface area contributed by atoms with Gasteiger partial charge in [0.25, 0.3) is 5.91 Å². The molecule has 0 radical (unpaired) electrons. The number of rotatable bonds is 8. The summed E-state index contributed by atoms with van der Waals surface area (Å²) in [6.07, 6.45) is 2.75. The predicted molar refractivity (Wildman–Crippen MR) is 102 cm³/mol. The molecule has 1 heterocycles. The van der Waals surface area contributed by atoms with Gasteiger partial charge in [-0.3, -0.25) is 4.79 Å². The smallest absolute Gasteiger partial charge is 0.387 e. The molecule has 1 N–H and O–H groups in total. The molecule has 10 heteroatoms. The fourth-order valence-electron chi connectivity index (χ4n) is 2.09. The third-order valence-electron chi connectivity index (χ3n) is 3.46. The normalized spacial score (nSPS) is 11.9. The van der Waals surface area contributed by atoms with Gasteiger partial charge in [-0.25, -0.2) is 9.78 Å². The highest BCUT2D eigenvalue weighted by Crippen LogP contribution is 2.29. The molecule has 29 heavy (non-hydrogen) atoms. The van der Waals surface area contributed by atoms with Gasteiger partial charge in [0, 0.05) is 12.3 Å². The number of alkyl halides is 2. The van der Waals surface area contributed by atoms with Crippen molar-refractivity contribution in [2.24, 2.45) is 0 Å². The molecule has 0 aliphatic carbocycles. The minimum Gasteiger partial charge on any atom is -0.493 e. The van der Waals surface area contributed by atoms with Crippen LogP contribution in [0.4, 0.5) is 14.6 Å². The Labute approximate surface area is 170 Å². The number of nitrogens with one attached hydrogen (secondary N) is 1. The van der Waals surface area contributed by atoms with E-state index in [0.717, 1.165) is 6.08 Å². The van der Waals surface area contributed by atoms with Crippen LogP contribution in [-0.2, 0) is 14.3 Å². The molecule has 1 amide bonds. The first-order valence-corrected chi connectivity index (χ1v) is 8.60. The van der Waals surface area contributed by atoms with Crippen LogP contribution in [0.3, 0.4) is 0 Å². The fraction of sp³-hybridized carbons (Fsp3) is 0.211. The van der Waals surface area contributed by atoms with Gasteiger partial charge in [-0.2, -0.15) is 8.78 Å². The summed E-state index contributed by atoms with van der Waals surface area (Å²) in [5.74, 6) is -1.15. The maximum absolute atomic E-state index is 12.3. The van der Waals surface area contributed by atoms with Crippen molar-refractivity contribution in [3.05, 3.63) is 53.2 Å². The van der Waals surface area contributed by atoms with Crippen LogP contribution in [0.2, 0.25) is 5.02 Å². The van der Waals surface area contributed by atoms with Crippen molar-refractivity contribution in [1.82, 2.24) is 4.98 Å². The Hall–Kier alpha value is -3.20. The lowest BCUT2D eigenvalue weighted by molar-refractivity contribution is -0.148. The van der Waals surface area contributed by atoms with Crippen LogP contribution in [0, 0.1) is 0 Å². The van der Waals surface area contributed by atoms with Crippen LogP contribution in [0.15, 0.2) is 42.6 Å². The van der Waals surface area contributed by atoms with Crippen molar-refractivity contribution < 1.29 is 32.6 Å². The second-order valence-electron chi connectivity index (χ2n) is 5.55. The number of ether oxygens (including phenoxy) is 3. The minimum atomic E-state index is -2.99. The van der Waals surface area contributed by atoms with Crippen LogP contribution in [0.1, 0.15) is 12.5 Å². The lowest BCUT2D eigenvalue weighted by atomic mass is 10.2. The Balaban J connectivity index is 1.94. The number of benzene rings is 1. The number of hydrogen-bond acceptors (Lipinski definition) is 6. The van der Waals surface area contributed by atoms with Gasteiger partial charge in [0.2, 0.25) is 0 Å². The van der Waals surface area contributed by atoms with E-state index in [9.17, 15) is 18.4 Å². The minimum absolute atomic E-state index is 0.0732. The molecule has 0 aliphatic heterocycles. The average molecular weight is 427 g/mol. The van der Waals surface area contributed by atoms with Crippen LogP contribution in [0.5, 0.6) is 11.5 Å². The Morgan fingerprint density at radius 3 is 2.59 bits per heavy atom. The third-order valence-corrected chi connectivity index (χ3v) is 3.68. The Bertz CT molecular complexity index is 891. The zero-order valence-electron chi connectivity index (χ0n) is 15.4. The van der Waals surface area contributed by atoms with E-state index < -0.39 is 24.6 Å². The molecule has 1 unspecified atom stereocenters. The molecule has 2 rings (SSSR count). The van der Waals surface area contributed by atoms with E-state index in [0.29, 0.717) is 10.6 Å². The van der Waals surface area contributed by atoms with Crippen molar-refractivity contribution in [1.29, 1.82) is 0 Å². The summed E-state index contributed by atoms with van der Waals surface area (Å²) in [6.45, 7) is -1.59. The SMILES string of the molecule is COc1cc(C=CC(=O)OC(C)C(=O)Nc2ccc(Cl)cn2)ccc1OC(F)F. The summed E-state index contributed by atoms with van der Waals surface area (Å²) in [7, 11) is 1.30. The molecular formula is C19H17ClF2N2O5. The molecular weight excluding hydrogens is 410 g/mol. The number of anilines is 1. The maximum Gasteiger partial charge on any atom is 0.387 e. The predicted octanol–water partition coefficient (Wildman–Crippen LogP) is 3.93. The lowest BCUT2D eigenvalue weighted by Crippen LogP contribution is -2.29. The van der Waals surface area contributed by atoms with Crippen molar-refractivity contribution in [2.45, 2.75) is 19.6 Å². The van der Waals surface area contributed by atoms with Crippen LogP contribution in [-0.4, -0.2) is 36.7 Å². The maximum atomic E-state index is 12.3. The Kier molecular flexibility index (Phi) is 7.90.